The van der Waals surface area contributed by atoms with Crippen LogP contribution >= 0.6 is 11.8 Å². The number of nitrogens with zero attached hydrogens (tertiary/aromatic N) is 4. The van der Waals surface area contributed by atoms with Crippen LogP contribution in [0.15, 0.2) is 35.5 Å². The topological polar surface area (TPSA) is 34.0 Å². The molecule has 3 rings (SSSR count). The van der Waals surface area contributed by atoms with Gasteiger partial charge in [-0.15, -0.1) is 10.2 Å². The van der Waals surface area contributed by atoms with Crippen molar-refractivity contribution in [2.75, 3.05) is 18.8 Å². The monoisotopic (exact) mass is 330 g/mol. The third-order valence-electron chi connectivity index (χ3n) is 4.27. The molecule has 1 fully saturated rings. The molecule has 23 heavy (non-hydrogen) atoms. The van der Waals surface area contributed by atoms with E-state index < -0.39 is 0 Å². The molecule has 1 aliphatic heterocycles. The summed E-state index contributed by atoms with van der Waals surface area (Å²) >= 11 is 1.84. The van der Waals surface area contributed by atoms with Crippen LogP contribution in [0.4, 0.5) is 0 Å². The summed E-state index contributed by atoms with van der Waals surface area (Å²) in [5.74, 6) is 2.22. The average Bonchev–Trinajstić information content (AvgIpc) is 3.21. The number of unbranched alkanes of at least 4 members (excludes halogenated alkanes) is 1. The molecule has 1 aromatic carbocycles. The molecule has 124 valence electrons. The van der Waals surface area contributed by atoms with Crippen LogP contribution in [0, 0.1) is 0 Å². The maximum Gasteiger partial charge on any atom is 0.191 e. The van der Waals surface area contributed by atoms with Crippen molar-refractivity contribution in [3.05, 3.63) is 41.7 Å². The molecular formula is C18H26N4S. The lowest BCUT2D eigenvalue weighted by Gasteiger charge is -2.16. The fourth-order valence-corrected chi connectivity index (χ4v) is 3.96. The second-order valence-corrected chi connectivity index (χ2v) is 7.22. The van der Waals surface area contributed by atoms with Crippen molar-refractivity contribution in [3.63, 3.8) is 0 Å². The lowest BCUT2D eigenvalue weighted by atomic mass is 10.2. The third-order valence-corrected chi connectivity index (χ3v) is 5.32. The lowest BCUT2D eigenvalue weighted by molar-refractivity contribution is 0.316. The molecule has 2 aromatic rings. The van der Waals surface area contributed by atoms with Gasteiger partial charge in [0, 0.05) is 5.75 Å². The summed E-state index contributed by atoms with van der Waals surface area (Å²) in [5.41, 5.74) is 1.31. The Hall–Kier alpha value is -1.33. The molecule has 0 amide bonds. The Kier molecular flexibility index (Phi) is 6.11. The minimum absolute atomic E-state index is 0.867. The van der Waals surface area contributed by atoms with E-state index in [0.717, 1.165) is 29.8 Å². The minimum Gasteiger partial charge on any atom is -0.300 e. The van der Waals surface area contributed by atoms with E-state index in [4.69, 9.17) is 0 Å². The van der Waals surface area contributed by atoms with Crippen LogP contribution in [-0.4, -0.2) is 38.5 Å². The first kappa shape index (κ1) is 16.5. The summed E-state index contributed by atoms with van der Waals surface area (Å²) in [5, 5.41) is 10.0. The second-order valence-electron chi connectivity index (χ2n) is 6.16. The smallest absolute Gasteiger partial charge is 0.191 e. The van der Waals surface area contributed by atoms with Crippen molar-refractivity contribution < 1.29 is 0 Å². The highest BCUT2D eigenvalue weighted by atomic mass is 32.2. The van der Waals surface area contributed by atoms with Gasteiger partial charge in [0.2, 0.25) is 0 Å². The molecule has 0 aliphatic carbocycles. The summed E-state index contributed by atoms with van der Waals surface area (Å²) in [6.07, 6.45) is 5.07. The number of benzene rings is 1. The number of aromatic nitrogens is 3. The predicted molar refractivity (Wildman–Crippen MR) is 95.7 cm³/mol. The Morgan fingerprint density at radius 1 is 1.04 bits per heavy atom. The van der Waals surface area contributed by atoms with E-state index in [1.807, 2.05) is 11.8 Å². The van der Waals surface area contributed by atoms with Crippen molar-refractivity contribution in [1.29, 1.82) is 0 Å². The number of hydrogen-bond acceptors (Lipinski definition) is 4. The van der Waals surface area contributed by atoms with Gasteiger partial charge in [-0.2, -0.15) is 0 Å². The summed E-state index contributed by atoms with van der Waals surface area (Å²) in [6, 6.07) is 10.6. The highest BCUT2D eigenvalue weighted by Gasteiger charge is 2.18. The number of hydrogen-bond donors (Lipinski definition) is 0. The molecule has 4 nitrogen and oxygen atoms in total. The minimum atomic E-state index is 0.867. The van der Waals surface area contributed by atoms with E-state index in [1.54, 1.807) is 0 Å². The molecule has 2 heterocycles. The zero-order chi connectivity index (χ0) is 15.9. The predicted octanol–water partition coefficient (Wildman–Crippen LogP) is 3.81. The SMILES string of the molecule is CCCCSc1nnc(CN2CCCC2)n1Cc1ccccc1. The van der Waals surface area contributed by atoms with Crippen molar-refractivity contribution in [2.24, 2.45) is 0 Å². The Bertz CT molecular complexity index is 590. The third kappa shape index (κ3) is 4.58. The molecule has 1 aliphatic rings. The Morgan fingerprint density at radius 2 is 1.83 bits per heavy atom. The van der Waals surface area contributed by atoms with Crippen LogP contribution in [0.2, 0.25) is 0 Å². The second kappa shape index (κ2) is 8.50. The van der Waals surface area contributed by atoms with Gasteiger partial charge in [0.15, 0.2) is 5.16 Å². The van der Waals surface area contributed by atoms with E-state index in [9.17, 15) is 0 Å². The summed E-state index contributed by atoms with van der Waals surface area (Å²) in [7, 11) is 0. The molecule has 0 saturated carbocycles. The number of rotatable bonds is 8. The Balaban J connectivity index is 1.77. The summed E-state index contributed by atoms with van der Waals surface area (Å²) < 4.78 is 2.31. The van der Waals surface area contributed by atoms with E-state index in [0.29, 0.717) is 0 Å². The highest BCUT2D eigenvalue weighted by molar-refractivity contribution is 7.99. The number of thioether (sulfide) groups is 1. The first-order valence-corrected chi connectivity index (χ1v) is 9.66. The van der Waals surface area contributed by atoms with Gasteiger partial charge in [0.25, 0.3) is 0 Å². The molecule has 0 atom stereocenters. The van der Waals surface area contributed by atoms with Crippen LogP contribution in [0.5, 0.6) is 0 Å². The first-order valence-electron chi connectivity index (χ1n) is 8.68. The molecule has 0 unspecified atom stereocenters. The zero-order valence-corrected chi connectivity index (χ0v) is 14.8. The van der Waals surface area contributed by atoms with E-state index in [1.165, 1.54) is 44.3 Å². The Morgan fingerprint density at radius 3 is 2.57 bits per heavy atom. The lowest BCUT2D eigenvalue weighted by Crippen LogP contribution is -2.21. The van der Waals surface area contributed by atoms with Gasteiger partial charge >= 0.3 is 0 Å². The van der Waals surface area contributed by atoms with Gasteiger partial charge < -0.3 is 4.57 Å². The zero-order valence-electron chi connectivity index (χ0n) is 13.9. The largest absolute Gasteiger partial charge is 0.300 e. The summed E-state index contributed by atoms with van der Waals surface area (Å²) in [6.45, 7) is 6.40. The van der Waals surface area contributed by atoms with Gasteiger partial charge in [0.1, 0.15) is 5.82 Å². The summed E-state index contributed by atoms with van der Waals surface area (Å²) in [4.78, 5) is 2.49. The van der Waals surface area contributed by atoms with Crippen LogP contribution in [0.1, 0.15) is 44.0 Å². The van der Waals surface area contributed by atoms with Crippen LogP contribution in [0.3, 0.4) is 0 Å². The normalized spacial score (nSPS) is 15.3. The van der Waals surface area contributed by atoms with Crippen molar-refractivity contribution >= 4 is 11.8 Å². The molecule has 0 N–H and O–H groups in total. The van der Waals surface area contributed by atoms with Gasteiger partial charge in [-0.25, -0.2) is 0 Å². The fourth-order valence-electron chi connectivity index (χ4n) is 2.92. The van der Waals surface area contributed by atoms with Crippen molar-refractivity contribution in [1.82, 2.24) is 19.7 Å². The van der Waals surface area contributed by atoms with Gasteiger partial charge in [0.05, 0.1) is 13.1 Å². The van der Waals surface area contributed by atoms with Crippen LogP contribution < -0.4 is 0 Å². The van der Waals surface area contributed by atoms with Gasteiger partial charge in [-0.3, -0.25) is 4.90 Å². The van der Waals surface area contributed by atoms with E-state index >= 15 is 0 Å². The highest BCUT2D eigenvalue weighted by Crippen LogP contribution is 2.21. The maximum atomic E-state index is 4.50. The fraction of sp³-hybridized carbons (Fsp3) is 0.556. The van der Waals surface area contributed by atoms with Gasteiger partial charge in [-0.05, 0) is 37.9 Å². The van der Waals surface area contributed by atoms with Crippen molar-refractivity contribution in [3.8, 4) is 0 Å². The molecule has 0 radical (unpaired) electrons. The van der Waals surface area contributed by atoms with Crippen molar-refractivity contribution in [2.45, 2.75) is 50.9 Å². The number of likely N-dealkylation sites (tertiary alicyclic amines) is 1. The van der Waals surface area contributed by atoms with Crippen LogP contribution in [0.25, 0.3) is 0 Å². The average molecular weight is 331 g/mol. The van der Waals surface area contributed by atoms with Gasteiger partial charge in [-0.1, -0.05) is 55.4 Å². The van der Waals surface area contributed by atoms with E-state index in [-0.39, 0.29) is 0 Å². The molecule has 1 saturated heterocycles. The first-order chi connectivity index (χ1) is 11.4. The molecule has 0 spiro atoms. The maximum absolute atomic E-state index is 4.50. The molecule has 5 heteroatoms. The molecular weight excluding hydrogens is 304 g/mol. The quantitative estimate of drug-likeness (QED) is 0.544. The Labute approximate surface area is 143 Å². The standard InChI is InChI=1S/C18H26N4S/c1-2-3-13-23-18-20-19-17(15-21-11-7-8-12-21)22(18)14-16-9-5-4-6-10-16/h4-6,9-10H,2-3,7-8,11-15H2,1H3. The van der Waals surface area contributed by atoms with Crippen LogP contribution in [-0.2, 0) is 13.1 Å². The van der Waals surface area contributed by atoms with E-state index in [2.05, 4.69) is 56.9 Å². The molecule has 1 aromatic heterocycles. The molecule has 0 bridgehead atoms.